The molecule has 4 rings (SSSR count). The molecule has 5 nitrogen and oxygen atoms in total. The zero-order valence-corrected chi connectivity index (χ0v) is 15.6. The quantitative estimate of drug-likeness (QED) is 0.686. The van der Waals surface area contributed by atoms with Crippen LogP contribution in [-0.2, 0) is 0 Å². The van der Waals surface area contributed by atoms with E-state index in [0.717, 1.165) is 23.1 Å². The van der Waals surface area contributed by atoms with E-state index in [4.69, 9.17) is 16.3 Å². The molecule has 0 bridgehead atoms. The summed E-state index contributed by atoms with van der Waals surface area (Å²) in [4.78, 5) is 18.7. The van der Waals surface area contributed by atoms with Crippen molar-refractivity contribution in [3.8, 4) is 5.19 Å². The zero-order chi connectivity index (χ0) is 17.9. The molecule has 1 N–H and O–H groups in total. The lowest BCUT2D eigenvalue weighted by Crippen LogP contribution is -2.43. The molecule has 7 heteroatoms. The predicted molar refractivity (Wildman–Crippen MR) is 105 cm³/mol. The van der Waals surface area contributed by atoms with Crippen molar-refractivity contribution in [3.63, 3.8) is 0 Å². The van der Waals surface area contributed by atoms with E-state index in [2.05, 4.69) is 10.3 Å². The molecule has 0 unspecified atom stereocenters. The first-order valence-electron chi connectivity index (χ1n) is 8.52. The van der Waals surface area contributed by atoms with Gasteiger partial charge in [-0.2, -0.15) is 0 Å². The average Bonchev–Trinajstić information content (AvgIpc) is 3.06. The molecule has 1 fully saturated rings. The fourth-order valence-electron chi connectivity index (χ4n) is 2.98. The first-order valence-corrected chi connectivity index (χ1v) is 9.71. The molecule has 0 spiro atoms. The molecule has 1 aliphatic heterocycles. The number of amides is 2. The fourth-order valence-corrected chi connectivity index (χ4v) is 4.04. The minimum atomic E-state index is -0.128. The van der Waals surface area contributed by atoms with Crippen LogP contribution in [0.2, 0.25) is 5.02 Å². The Morgan fingerprint density at radius 2 is 1.88 bits per heavy atom. The summed E-state index contributed by atoms with van der Waals surface area (Å²) < 4.78 is 7.16. The molecule has 134 valence electrons. The largest absolute Gasteiger partial charge is 0.467 e. The molecule has 0 radical (unpaired) electrons. The Morgan fingerprint density at radius 1 is 1.15 bits per heavy atom. The molecule has 2 heterocycles. The number of ether oxygens (including phenoxy) is 1. The number of carbonyl (C=O) groups is 1. The molecule has 0 atom stereocenters. The van der Waals surface area contributed by atoms with Crippen LogP contribution in [-0.4, -0.2) is 35.1 Å². The first kappa shape index (κ1) is 17.1. The third kappa shape index (κ3) is 3.76. The number of rotatable bonds is 3. The van der Waals surface area contributed by atoms with Crippen molar-refractivity contribution in [2.75, 3.05) is 18.4 Å². The summed E-state index contributed by atoms with van der Waals surface area (Å²) >= 11 is 7.66. The number of nitrogens with one attached hydrogen (secondary N) is 1. The number of halogens is 1. The van der Waals surface area contributed by atoms with Crippen molar-refractivity contribution < 1.29 is 9.53 Å². The topological polar surface area (TPSA) is 54.5 Å². The molecular formula is C19H18ClN3O2S. The van der Waals surface area contributed by atoms with Gasteiger partial charge in [-0.25, -0.2) is 9.78 Å². The van der Waals surface area contributed by atoms with Gasteiger partial charge in [0, 0.05) is 25.9 Å². The van der Waals surface area contributed by atoms with Gasteiger partial charge in [-0.1, -0.05) is 47.2 Å². The van der Waals surface area contributed by atoms with Crippen molar-refractivity contribution in [1.29, 1.82) is 0 Å². The molecule has 1 aliphatic rings. The summed E-state index contributed by atoms with van der Waals surface area (Å²) in [6, 6.07) is 15.1. The second-order valence-electron chi connectivity index (χ2n) is 6.16. The molecule has 1 aromatic heterocycles. The smallest absolute Gasteiger partial charge is 0.321 e. The van der Waals surface area contributed by atoms with Crippen LogP contribution in [0.5, 0.6) is 5.19 Å². The van der Waals surface area contributed by atoms with Gasteiger partial charge >= 0.3 is 6.03 Å². The molecule has 0 saturated carbocycles. The number of urea groups is 1. The van der Waals surface area contributed by atoms with E-state index in [1.165, 1.54) is 0 Å². The van der Waals surface area contributed by atoms with Crippen LogP contribution in [0, 0.1) is 0 Å². The van der Waals surface area contributed by atoms with Crippen LogP contribution in [0.1, 0.15) is 12.8 Å². The van der Waals surface area contributed by atoms with E-state index < -0.39 is 0 Å². The van der Waals surface area contributed by atoms with Gasteiger partial charge in [-0.05, 0) is 24.3 Å². The minimum absolute atomic E-state index is 0.0833. The zero-order valence-electron chi connectivity index (χ0n) is 14.0. The van der Waals surface area contributed by atoms with Crippen LogP contribution < -0.4 is 10.1 Å². The van der Waals surface area contributed by atoms with Crippen molar-refractivity contribution in [1.82, 2.24) is 9.88 Å². The average molecular weight is 388 g/mol. The SMILES string of the molecule is O=C(Nc1ccccc1Cl)N1CCC(Oc2nc3ccccc3s2)CC1. The van der Waals surface area contributed by atoms with Gasteiger partial charge in [0.1, 0.15) is 6.10 Å². The van der Waals surface area contributed by atoms with Crippen molar-refractivity contribution in [2.24, 2.45) is 0 Å². The number of aromatic nitrogens is 1. The highest BCUT2D eigenvalue weighted by molar-refractivity contribution is 7.20. The monoisotopic (exact) mass is 387 g/mol. The van der Waals surface area contributed by atoms with Gasteiger partial charge in [-0.3, -0.25) is 0 Å². The standard InChI is InChI=1S/C19H18ClN3O2S/c20-14-5-1-2-6-15(14)21-18(24)23-11-9-13(10-12-23)25-19-22-16-7-3-4-8-17(16)26-19/h1-8,13H,9-12H2,(H,21,24). The van der Waals surface area contributed by atoms with Crippen molar-refractivity contribution in [3.05, 3.63) is 53.6 Å². The van der Waals surface area contributed by atoms with Crippen LogP contribution in [0.3, 0.4) is 0 Å². The predicted octanol–water partition coefficient (Wildman–Crippen LogP) is 5.03. The Morgan fingerprint density at radius 3 is 2.65 bits per heavy atom. The molecule has 2 amide bonds. The third-order valence-electron chi connectivity index (χ3n) is 4.39. The number of fused-ring (bicyclic) bond motifs is 1. The lowest BCUT2D eigenvalue weighted by atomic mass is 10.1. The third-order valence-corrected chi connectivity index (χ3v) is 5.64. The van der Waals surface area contributed by atoms with Gasteiger partial charge in [0.05, 0.1) is 20.9 Å². The molecule has 1 saturated heterocycles. The summed E-state index contributed by atoms with van der Waals surface area (Å²) in [7, 11) is 0. The Bertz CT molecular complexity index is 889. The Labute approximate surface area is 160 Å². The number of benzene rings is 2. The lowest BCUT2D eigenvalue weighted by molar-refractivity contribution is 0.115. The molecule has 3 aromatic rings. The normalized spacial score (nSPS) is 15.2. The van der Waals surface area contributed by atoms with Gasteiger partial charge < -0.3 is 15.0 Å². The Balaban J connectivity index is 1.32. The summed E-state index contributed by atoms with van der Waals surface area (Å²) in [5, 5.41) is 4.10. The number of hydrogen-bond acceptors (Lipinski definition) is 4. The maximum Gasteiger partial charge on any atom is 0.321 e. The second kappa shape index (κ2) is 7.51. The van der Waals surface area contributed by atoms with E-state index in [0.29, 0.717) is 29.0 Å². The molecule has 2 aromatic carbocycles. The van der Waals surface area contributed by atoms with E-state index in [-0.39, 0.29) is 12.1 Å². The van der Waals surface area contributed by atoms with Gasteiger partial charge in [-0.15, -0.1) is 0 Å². The van der Waals surface area contributed by atoms with E-state index in [1.807, 2.05) is 36.4 Å². The van der Waals surface area contributed by atoms with Crippen molar-refractivity contribution >= 4 is 44.9 Å². The number of nitrogens with zero attached hydrogens (tertiary/aromatic N) is 2. The number of anilines is 1. The number of para-hydroxylation sites is 2. The molecule has 0 aliphatic carbocycles. The van der Waals surface area contributed by atoms with Gasteiger partial charge in [0.25, 0.3) is 5.19 Å². The van der Waals surface area contributed by atoms with E-state index >= 15 is 0 Å². The van der Waals surface area contributed by atoms with Gasteiger partial charge in [0.15, 0.2) is 0 Å². The van der Waals surface area contributed by atoms with Crippen LogP contribution in [0.4, 0.5) is 10.5 Å². The summed E-state index contributed by atoms with van der Waals surface area (Å²) in [6.45, 7) is 1.29. The number of likely N-dealkylation sites (tertiary alicyclic amines) is 1. The first-order chi connectivity index (χ1) is 12.7. The Hall–Kier alpha value is -2.31. The van der Waals surface area contributed by atoms with E-state index in [1.54, 1.807) is 28.4 Å². The lowest BCUT2D eigenvalue weighted by Gasteiger charge is -2.31. The highest BCUT2D eigenvalue weighted by atomic mass is 35.5. The highest BCUT2D eigenvalue weighted by Crippen LogP contribution is 2.29. The number of thiazole rings is 1. The van der Waals surface area contributed by atoms with Crippen LogP contribution >= 0.6 is 22.9 Å². The number of hydrogen-bond donors (Lipinski definition) is 1. The maximum atomic E-state index is 12.4. The van der Waals surface area contributed by atoms with E-state index in [9.17, 15) is 4.79 Å². The van der Waals surface area contributed by atoms with Crippen molar-refractivity contribution in [2.45, 2.75) is 18.9 Å². The minimum Gasteiger partial charge on any atom is -0.467 e. The summed E-state index contributed by atoms with van der Waals surface area (Å²) in [6.07, 6.45) is 1.65. The highest BCUT2D eigenvalue weighted by Gasteiger charge is 2.25. The molecule has 26 heavy (non-hydrogen) atoms. The van der Waals surface area contributed by atoms with Crippen LogP contribution in [0.25, 0.3) is 10.2 Å². The summed E-state index contributed by atoms with van der Waals surface area (Å²) in [5.41, 5.74) is 1.59. The van der Waals surface area contributed by atoms with Crippen LogP contribution in [0.15, 0.2) is 48.5 Å². The number of piperidine rings is 1. The number of carbonyl (C=O) groups excluding carboxylic acids is 1. The Kier molecular flexibility index (Phi) is 4.95. The van der Waals surface area contributed by atoms with Gasteiger partial charge in [0.2, 0.25) is 0 Å². The summed E-state index contributed by atoms with van der Waals surface area (Å²) in [5.74, 6) is 0. The second-order valence-corrected chi connectivity index (χ2v) is 7.56. The fraction of sp³-hybridized carbons (Fsp3) is 0.263. The molecular weight excluding hydrogens is 370 g/mol. The maximum absolute atomic E-state index is 12.4.